The second kappa shape index (κ2) is 5.90. The van der Waals surface area contributed by atoms with Gasteiger partial charge in [0.2, 0.25) is 6.10 Å². The molecule has 2 fully saturated rings. The van der Waals surface area contributed by atoms with Crippen molar-refractivity contribution in [2.24, 2.45) is 5.41 Å². The van der Waals surface area contributed by atoms with Gasteiger partial charge in [-0.1, -0.05) is 0 Å². The lowest BCUT2D eigenvalue weighted by molar-refractivity contribution is -0.207. The van der Waals surface area contributed by atoms with Crippen molar-refractivity contribution in [2.75, 3.05) is 0 Å². The number of Topliss-reactive ketones (excluding diaryl/α,β-unsaturated/α-hetero) is 2. The number of ether oxygens (including phenoxy) is 1. The predicted molar refractivity (Wildman–Crippen MR) is 70.1 cm³/mol. The third-order valence-corrected chi connectivity index (χ3v) is 3.63. The highest BCUT2D eigenvalue weighted by Gasteiger charge is 2.46. The zero-order valence-corrected chi connectivity index (χ0v) is 12.6. The van der Waals surface area contributed by atoms with Gasteiger partial charge in [-0.2, -0.15) is 0 Å². The highest BCUT2D eigenvalue weighted by molar-refractivity contribution is 6.13. The number of ketones is 2. The minimum atomic E-state index is -1.90. The Morgan fingerprint density at radius 1 is 0.913 bits per heavy atom. The average Bonchev–Trinajstić information content (AvgIpc) is 2.96. The molecule has 0 aromatic carbocycles. The van der Waals surface area contributed by atoms with Crippen LogP contribution in [0.4, 0.5) is 0 Å². The number of carbonyl (C=O) groups excluding carboxylic acids is 6. The van der Waals surface area contributed by atoms with Gasteiger partial charge in [-0.05, 0) is 13.8 Å². The summed E-state index contributed by atoms with van der Waals surface area (Å²) in [4.78, 5) is 74.5. The maximum atomic E-state index is 12.1. The van der Waals surface area contributed by atoms with Crippen molar-refractivity contribution in [3.8, 4) is 0 Å². The highest BCUT2D eigenvalue weighted by atomic mass is 16.7. The van der Waals surface area contributed by atoms with E-state index in [-0.39, 0.29) is 25.7 Å². The molecule has 2 aliphatic rings. The van der Waals surface area contributed by atoms with Crippen molar-refractivity contribution < 1.29 is 38.3 Å². The van der Waals surface area contributed by atoms with Crippen molar-refractivity contribution >= 4 is 35.3 Å². The van der Waals surface area contributed by atoms with Crippen molar-refractivity contribution in [1.29, 1.82) is 0 Å². The van der Waals surface area contributed by atoms with Crippen LogP contribution in [0.3, 0.4) is 0 Å². The van der Waals surface area contributed by atoms with Gasteiger partial charge in [-0.15, -0.1) is 5.06 Å². The number of hydrogen-bond donors (Lipinski definition) is 0. The minimum Gasteiger partial charge on any atom is -0.445 e. The van der Waals surface area contributed by atoms with Crippen molar-refractivity contribution in [2.45, 2.75) is 45.6 Å². The number of hydroxylamine groups is 2. The van der Waals surface area contributed by atoms with E-state index in [2.05, 4.69) is 4.84 Å². The maximum Gasteiger partial charge on any atom is 0.349 e. The van der Waals surface area contributed by atoms with Gasteiger partial charge in [0.25, 0.3) is 11.8 Å². The van der Waals surface area contributed by atoms with E-state index in [0.717, 1.165) is 13.8 Å². The summed E-state index contributed by atoms with van der Waals surface area (Å²) in [6, 6.07) is 0. The fourth-order valence-corrected chi connectivity index (χ4v) is 2.01. The Kier molecular flexibility index (Phi) is 4.31. The monoisotopic (exact) mass is 325 g/mol. The largest absolute Gasteiger partial charge is 0.445 e. The van der Waals surface area contributed by atoms with Crippen LogP contribution in [-0.4, -0.2) is 46.5 Å². The van der Waals surface area contributed by atoms with E-state index in [1.807, 2.05) is 0 Å². The van der Waals surface area contributed by atoms with Gasteiger partial charge in [0, 0.05) is 25.7 Å². The molecule has 1 saturated carbocycles. The third-order valence-electron chi connectivity index (χ3n) is 3.63. The van der Waals surface area contributed by atoms with E-state index < -0.39 is 46.8 Å². The van der Waals surface area contributed by atoms with Gasteiger partial charge < -0.3 is 9.57 Å². The molecule has 0 aromatic rings. The number of esters is 1. The Morgan fingerprint density at radius 3 is 1.87 bits per heavy atom. The first-order valence-corrected chi connectivity index (χ1v) is 6.99. The summed E-state index contributed by atoms with van der Waals surface area (Å²) < 4.78 is 4.81. The molecule has 2 amide bonds. The van der Waals surface area contributed by atoms with Crippen LogP contribution < -0.4 is 0 Å². The van der Waals surface area contributed by atoms with Crippen LogP contribution in [0.1, 0.15) is 39.5 Å². The first-order chi connectivity index (χ1) is 10.6. The standard InChI is InChI=1S/C14H15NO8/c1-14(2,12(20)22-11-7(16)3-4-8(11)17)13(21)23-15-9(18)5-6-10(15)19/h11H,3-6H2,1-2H3. The Morgan fingerprint density at radius 2 is 1.39 bits per heavy atom. The molecular formula is C14H15NO8. The summed E-state index contributed by atoms with van der Waals surface area (Å²) in [6.45, 7) is 2.29. The molecule has 9 nitrogen and oxygen atoms in total. The summed E-state index contributed by atoms with van der Waals surface area (Å²) in [5.41, 5.74) is -1.90. The van der Waals surface area contributed by atoms with Crippen LogP contribution >= 0.6 is 0 Å². The molecule has 1 heterocycles. The first kappa shape index (κ1) is 16.8. The van der Waals surface area contributed by atoms with Crippen molar-refractivity contribution in [3.05, 3.63) is 0 Å². The van der Waals surface area contributed by atoms with Crippen LogP contribution in [0.5, 0.6) is 0 Å². The van der Waals surface area contributed by atoms with Crippen molar-refractivity contribution in [3.63, 3.8) is 0 Å². The molecule has 1 saturated heterocycles. The minimum absolute atomic E-state index is 0.0154. The average molecular weight is 325 g/mol. The van der Waals surface area contributed by atoms with Gasteiger partial charge in [0.1, 0.15) is 0 Å². The zero-order valence-electron chi connectivity index (χ0n) is 12.6. The fraction of sp³-hybridized carbons (Fsp3) is 0.571. The number of rotatable bonds is 4. The van der Waals surface area contributed by atoms with E-state index in [4.69, 9.17) is 4.74 Å². The summed E-state index contributed by atoms with van der Waals surface area (Å²) in [7, 11) is 0. The maximum absolute atomic E-state index is 12.1. The SMILES string of the molecule is CC(C)(C(=O)OC1C(=O)CCC1=O)C(=O)ON1C(=O)CCC1=O. The molecular weight excluding hydrogens is 310 g/mol. The van der Waals surface area contributed by atoms with Crippen LogP contribution in [-0.2, 0) is 38.3 Å². The Labute approximate surface area is 130 Å². The zero-order chi connectivity index (χ0) is 17.4. The molecule has 0 aromatic heterocycles. The van der Waals surface area contributed by atoms with Crippen LogP contribution in [0, 0.1) is 5.41 Å². The van der Waals surface area contributed by atoms with E-state index in [1.165, 1.54) is 0 Å². The molecule has 2 rings (SSSR count). The molecule has 0 atom stereocenters. The predicted octanol–water partition coefficient (Wildman–Crippen LogP) is -0.536. The Hall–Kier alpha value is -2.58. The number of amides is 2. The highest BCUT2D eigenvalue weighted by Crippen LogP contribution is 2.25. The number of hydrogen-bond acceptors (Lipinski definition) is 8. The second-order valence-corrected chi connectivity index (χ2v) is 5.80. The Bertz CT molecular complexity index is 536. The lowest BCUT2D eigenvalue weighted by Gasteiger charge is -2.23. The van der Waals surface area contributed by atoms with Crippen LogP contribution in [0.25, 0.3) is 0 Å². The van der Waals surface area contributed by atoms with Gasteiger partial charge in [0.15, 0.2) is 17.0 Å². The topological polar surface area (TPSA) is 124 Å². The summed E-state index contributed by atoms with van der Waals surface area (Å²) >= 11 is 0. The third kappa shape index (κ3) is 3.13. The molecule has 1 aliphatic carbocycles. The van der Waals surface area contributed by atoms with E-state index in [9.17, 15) is 28.8 Å². The number of nitrogens with zero attached hydrogens (tertiary/aromatic N) is 1. The van der Waals surface area contributed by atoms with Crippen molar-refractivity contribution in [1.82, 2.24) is 5.06 Å². The van der Waals surface area contributed by atoms with Crippen LogP contribution in [0.2, 0.25) is 0 Å². The molecule has 9 heteroatoms. The van der Waals surface area contributed by atoms with Gasteiger partial charge >= 0.3 is 11.9 Å². The molecule has 0 N–H and O–H groups in total. The number of imide groups is 1. The molecule has 0 radical (unpaired) electrons. The molecule has 0 unspecified atom stereocenters. The normalized spacial score (nSPS) is 19.5. The lowest BCUT2D eigenvalue weighted by atomic mass is 9.94. The van der Waals surface area contributed by atoms with Crippen LogP contribution in [0.15, 0.2) is 0 Å². The quantitative estimate of drug-likeness (QED) is 0.383. The molecule has 124 valence electrons. The summed E-state index contributed by atoms with van der Waals surface area (Å²) in [5.74, 6) is -4.77. The lowest BCUT2D eigenvalue weighted by Crippen LogP contribution is -2.44. The summed E-state index contributed by atoms with van der Waals surface area (Å²) in [6.07, 6.45) is -1.70. The van der Waals surface area contributed by atoms with Gasteiger partial charge in [-0.25, -0.2) is 4.79 Å². The molecule has 1 aliphatic heterocycles. The van der Waals surface area contributed by atoms with E-state index >= 15 is 0 Å². The molecule has 23 heavy (non-hydrogen) atoms. The second-order valence-electron chi connectivity index (χ2n) is 5.80. The van der Waals surface area contributed by atoms with E-state index in [1.54, 1.807) is 0 Å². The van der Waals surface area contributed by atoms with Gasteiger partial charge in [0.05, 0.1) is 0 Å². The van der Waals surface area contributed by atoms with Gasteiger partial charge in [-0.3, -0.25) is 24.0 Å². The molecule has 0 spiro atoms. The van der Waals surface area contributed by atoms with E-state index in [0.29, 0.717) is 5.06 Å². The Balaban J connectivity index is 2.04. The summed E-state index contributed by atoms with van der Waals surface area (Å²) in [5, 5.41) is 0.309. The smallest absolute Gasteiger partial charge is 0.349 e. The molecule has 0 bridgehead atoms. The fourth-order valence-electron chi connectivity index (χ4n) is 2.01. The number of carbonyl (C=O) groups is 6. The first-order valence-electron chi connectivity index (χ1n) is 6.99.